The second kappa shape index (κ2) is 4.43. The van der Waals surface area contributed by atoms with Crippen molar-refractivity contribution in [3.63, 3.8) is 0 Å². The molecule has 2 aromatic carbocycles. The molecule has 0 aliphatic heterocycles. The van der Waals surface area contributed by atoms with Crippen LogP contribution in [0.3, 0.4) is 0 Å². The van der Waals surface area contributed by atoms with Crippen molar-refractivity contribution in [2.24, 2.45) is 0 Å². The molecule has 19 heavy (non-hydrogen) atoms. The van der Waals surface area contributed by atoms with Gasteiger partial charge >= 0.3 is 7.12 Å². The summed E-state index contributed by atoms with van der Waals surface area (Å²) in [6.45, 7) is 0. The Balaban J connectivity index is 3.14. The van der Waals surface area contributed by atoms with Gasteiger partial charge in [-0.3, -0.25) is 0 Å². The van der Waals surface area contributed by atoms with Crippen LogP contribution in [0.4, 0.5) is 26.3 Å². The van der Waals surface area contributed by atoms with E-state index in [1.807, 2.05) is 0 Å². The number of benzene rings is 2. The fourth-order valence-corrected chi connectivity index (χ4v) is 1.70. The van der Waals surface area contributed by atoms with E-state index in [4.69, 9.17) is 10.0 Å². The van der Waals surface area contributed by atoms with Crippen LogP contribution in [0, 0.1) is 34.9 Å². The van der Waals surface area contributed by atoms with E-state index in [1.54, 1.807) is 0 Å². The zero-order chi connectivity index (χ0) is 14.5. The zero-order valence-electron chi connectivity index (χ0n) is 8.82. The predicted octanol–water partition coefficient (Wildman–Crippen LogP) is 1.35. The second-order valence-electron chi connectivity index (χ2n) is 3.64. The van der Waals surface area contributed by atoms with E-state index in [0.29, 0.717) is 0 Å². The minimum atomic E-state index is -2.53. The van der Waals surface area contributed by atoms with Gasteiger partial charge in [0.15, 0.2) is 34.9 Å². The summed E-state index contributed by atoms with van der Waals surface area (Å²) < 4.78 is 79.3. The Hall–Kier alpha value is -1.74. The summed E-state index contributed by atoms with van der Waals surface area (Å²) in [4.78, 5) is 0. The lowest BCUT2D eigenvalue weighted by atomic mass is 9.76. The van der Waals surface area contributed by atoms with Crippen LogP contribution in [-0.4, -0.2) is 17.2 Å². The quantitative estimate of drug-likeness (QED) is 0.358. The van der Waals surface area contributed by atoms with E-state index in [2.05, 4.69) is 0 Å². The average Bonchev–Trinajstić information content (AvgIpc) is 2.36. The van der Waals surface area contributed by atoms with Gasteiger partial charge in [-0.15, -0.1) is 0 Å². The molecule has 9 heteroatoms. The highest BCUT2D eigenvalue weighted by Gasteiger charge is 2.29. The summed E-state index contributed by atoms with van der Waals surface area (Å²) in [5.74, 6) is -12.5. The van der Waals surface area contributed by atoms with Gasteiger partial charge in [0.25, 0.3) is 0 Å². The molecule has 2 aromatic rings. The molecule has 0 aliphatic rings. The summed E-state index contributed by atoms with van der Waals surface area (Å²) in [5.41, 5.74) is -1.02. The summed E-state index contributed by atoms with van der Waals surface area (Å²) in [7, 11) is -2.53. The van der Waals surface area contributed by atoms with Crippen LogP contribution < -0.4 is 5.46 Å². The van der Waals surface area contributed by atoms with Gasteiger partial charge in [-0.1, -0.05) is 0 Å². The fourth-order valence-electron chi connectivity index (χ4n) is 1.70. The summed E-state index contributed by atoms with van der Waals surface area (Å²) in [6.07, 6.45) is 0. The Morgan fingerprint density at radius 2 is 1.16 bits per heavy atom. The van der Waals surface area contributed by atoms with Crippen molar-refractivity contribution >= 4 is 23.4 Å². The van der Waals surface area contributed by atoms with Crippen molar-refractivity contribution < 1.29 is 36.4 Å². The third kappa shape index (κ3) is 1.85. The normalized spacial score (nSPS) is 11.2. The van der Waals surface area contributed by atoms with Gasteiger partial charge in [-0.05, 0) is 11.5 Å². The Kier molecular flexibility index (Phi) is 3.19. The van der Waals surface area contributed by atoms with Crippen LogP contribution >= 0.6 is 0 Å². The Labute approximate surface area is 102 Å². The number of hydrogen-bond donors (Lipinski definition) is 2. The smallest absolute Gasteiger partial charge is 0.423 e. The van der Waals surface area contributed by atoms with Crippen LogP contribution in [-0.2, 0) is 0 Å². The number of rotatable bonds is 1. The SMILES string of the molecule is OB(O)c1cc(F)c(F)c2c(F)c(F)c(F)c(F)c12. The Bertz CT molecular complexity index is 688. The first-order chi connectivity index (χ1) is 8.77. The van der Waals surface area contributed by atoms with Gasteiger partial charge in [0.05, 0.1) is 5.39 Å². The van der Waals surface area contributed by atoms with E-state index in [-0.39, 0.29) is 6.07 Å². The van der Waals surface area contributed by atoms with Crippen LogP contribution in [0.25, 0.3) is 10.8 Å². The number of fused-ring (bicyclic) bond motifs is 1. The molecule has 0 aromatic heterocycles. The first-order valence-electron chi connectivity index (χ1n) is 4.77. The molecule has 100 valence electrons. The maximum Gasteiger partial charge on any atom is 0.489 e. The molecule has 0 unspecified atom stereocenters. The van der Waals surface area contributed by atoms with Crippen molar-refractivity contribution in [2.75, 3.05) is 0 Å². The highest BCUT2D eigenvalue weighted by atomic mass is 19.2. The third-order valence-electron chi connectivity index (χ3n) is 2.55. The van der Waals surface area contributed by atoms with E-state index in [1.165, 1.54) is 0 Å². The molecular formula is C10H3BF6O2. The molecule has 0 aliphatic carbocycles. The molecule has 0 spiro atoms. The molecular weight excluding hydrogens is 277 g/mol. The highest BCUT2D eigenvalue weighted by Crippen LogP contribution is 2.29. The molecule has 0 bridgehead atoms. The van der Waals surface area contributed by atoms with Crippen molar-refractivity contribution in [1.29, 1.82) is 0 Å². The maximum atomic E-state index is 13.5. The van der Waals surface area contributed by atoms with Crippen molar-refractivity contribution in [2.45, 2.75) is 0 Å². The summed E-state index contributed by atoms with van der Waals surface area (Å²) >= 11 is 0. The number of hydrogen-bond acceptors (Lipinski definition) is 2. The van der Waals surface area contributed by atoms with Gasteiger partial charge in [0, 0.05) is 5.39 Å². The first kappa shape index (κ1) is 13.7. The minimum absolute atomic E-state index is 0.155. The minimum Gasteiger partial charge on any atom is -0.423 e. The Morgan fingerprint density at radius 1 is 0.684 bits per heavy atom. The molecule has 2 rings (SSSR count). The van der Waals surface area contributed by atoms with E-state index >= 15 is 0 Å². The molecule has 0 fully saturated rings. The van der Waals surface area contributed by atoms with Gasteiger partial charge < -0.3 is 10.0 Å². The largest absolute Gasteiger partial charge is 0.489 e. The lowest BCUT2D eigenvalue weighted by molar-refractivity contribution is 0.412. The number of halogens is 6. The molecule has 0 saturated heterocycles. The van der Waals surface area contributed by atoms with Crippen LogP contribution in [0.2, 0.25) is 0 Å². The topological polar surface area (TPSA) is 40.5 Å². The summed E-state index contributed by atoms with van der Waals surface area (Å²) in [5, 5.41) is 14.9. The van der Waals surface area contributed by atoms with Crippen LogP contribution in [0.5, 0.6) is 0 Å². The molecule has 0 atom stereocenters. The third-order valence-corrected chi connectivity index (χ3v) is 2.55. The molecule has 0 radical (unpaired) electrons. The van der Waals surface area contributed by atoms with Gasteiger partial charge in [0.2, 0.25) is 0 Å². The molecule has 0 saturated carbocycles. The summed E-state index contributed by atoms with van der Waals surface area (Å²) in [6, 6.07) is 0.155. The average molecular weight is 280 g/mol. The first-order valence-corrected chi connectivity index (χ1v) is 4.77. The van der Waals surface area contributed by atoms with E-state index < -0.39 is 58.3 Å². The monoisotopic (exact) mass is 280 g/mol. The lowest BCUT2D eigenvalue weighted by Gasteiger charge is -2.11. The highest BCUT2D eigenvalue weighted by molar-refractivity contribution is 6.62. The molecule has 0 amide bonds. The van der Waals surface area contributed by atoms with Crippen molar-refractivity contribution in [3.05, 3.63) is 41.0 Å². The maximum absolute atomic E-state index is 13.5. The van der Waals surface area contributed by atoms with E-state index in [9.17, 15) is 26.3 Å². The molecule has 0 heterocycles. The molecule has 2 N–H and O–H groups in total. The van der Waals surface area contributed by atoms with Gasteiger partial charge in [-0.25, -0.2) is 26.3 Å². The molecule has 2 nitrogen and oxygen atoms in total. The van der Waals surface area contributed by atoms with Crippen molar-refractivity contribution in [3.8, 4) is 0 Å². The predicted molar refractivity (Wildman–Crippen MR) is 53.5 cm³/mol. The standard InChI is InChI=1S/C10H3BF6O2/c12-3-1-2(11(18)19)4-5(6(3)13)8(15)10(17)9(16)7(4)14/h1,18-19H. The van der Waals surface area contributed by atoms with E-state index in [0.717, 1.165) is 0 Å². The zero-order valence-corrected chi connectivity index (χ0v) is 8.82. The lowest BCUT2D eigenvalue weighted by Crippen LogP contribution is -2.32. The van der Waals surface area contributed by atoms with Crippen molar-refractivity contribution in [1.82, 2.24) is 0 Å². The van der Waals surface area contributed by atoms with Gasteiger partial charge in [0.1, 0.15) is 0 Å². The van der Waals surface area contributed by atoms with Crippen LogP contribution in [0.1, 0.15) is 0 Å². The second-order valence-corrected chi connectivity index (χ2v) is 3.64. The Morgan fingerprint density at radius 3 is 1.63 bits per heavy atom. The van der Waals surface area contributed by atoms with Crippen LogP contribution in [0.15, 0.2) is 6.07 Å². The van der Waals surface area contributed by atoms with Gasteiger partial charge in [-0.2, -0.15) is 0 Å². The fraction of sp³-hybridized carbons (Fsp3) is 0.